The lowest BCUT2D eigenvalue weighted by molar-refractivity contribution is 0.334. The molecule has 0 saturated carbocycles. The van der Waals surface area contributed by atoms with Crippen molar-refractivity contribution in [1.82, 2.24) is 0 Å². The minimum absolute atomic E-state index is 0.229. The predicted octanol–water partition coefficient (Wildman–Crippen LogP) is 5.96. The number of rotatable bonds is 5. The first-order valence-corrected chi connectivity index (χ1v) is 7.73. The highest BCUT2D eigenvalue weighted by molar-refractivity contribution is 6.67. The summed E-state index contributed by atoms with van der Waals surface area (Å²) in [4.78, 5) is 0. The fourth-order valence-electron chi connectivity index (χ4n) is 2.40. The number of benzene rings is 1. The van der Waals surface area contributed by atoms with Gasteiger partial charge in [-0.1, -0.05) is 53.9 Å². The Labute approximate surface area is 131 Å². The maximum Gasteiger partial charge on any atom is 0.191 e. The summed E-state index contributed by atoms with van der Waals surface area (Å²) in [5.74, 6) is 1.19. The third-order valence-electron chi connectivity index (χ3n) is 3.34. The molecule has 0 aliphatic heterocycles. The second-order valence-corrected chi connectivity index (χ2v) is 7.30. The smallest absolute Gasteiger partial charge is 0.191 e. The molecule has 0 N–H and O–H groups in total. The van der Waals surface area contributed by atoms with Gasteiger partial charge in [0.1, 0.15) is 5.75 Å². The molecule has 4 heteroatoms. The fourth-order valence-corrected chi connectivity index (χ4v) is 2.96. The average Bonchev–Trinajstić information content (AvgIpc) is 2.31. The molecule has 0 radical (unpaired) electrons. The molecular weight excluding hydrogens is 303 g/mol. The molecule has 1 atom stereocenters. The van der Waals surface area contributed by atoms with E-state index >= 15 is 0 Å². The summed E-state index contributed by atoms with van der Waals surface area (Å²) in [7, 11) is 0. The zero-order chi connectivity index (χ0) is 14.6. The lowest BCUT2D eigenvalue weighted by atomic mass is 9.89. The summed E-state index contributed by atoms with van der Waals surface area (Å²) in [6, 6.07) is 4.20. The molecule has 0 fully saturated rings. The van der Waals surface area contributed by atoms with Gasteiger partial charge in [-0.15, -0.1) is 0 Å². The first kappa shape index (κ1) is 16.9. The number of alkyl halides is 3. The summed E-state index contributed by atoms with van der Waals surface area (Å²) in [5, 5.41) is 0. The molecule has 1 aromatic rings. The van der Waals surface area contributed by atoms with Crippen LogP contribution in [0.3, 0.4) is 0 Å². The van der Waals surface area contributed by atoms with Crippen molar-refractivity contribution >= 4 is 34.8 Å². The van der Waals surface area contributed by atoms with Crippen molar-refractivity contribution in [2.24, 2.45) is 0 Å². The molecule has 1 rings (SSSR count). The summed E-state index contributed by atoms with van der Waals surface area (Å²) in [6.45, 7) is 8.89. The van der Waals surface area contributed by atoms with E-state index < -0.39 is 3.79 Å². The molecule has 0 saturated heterocycles. The van der Waals surface area contributed by atoms with Crippen LogP contribution in [0.15, 0.2) is 12.1 Å². The van der Waals surface area contributed by atoms with Gasteiger partial charge < -0.3 is 4.74 Å². The third kappa shape index (κ3) is 4.73. The SMILES string of the molecule is CCOc1c(C)ccc(C(CC)CC(Cl)(Cl)Cl)c1C. The molecule has 108 valence electrons. The van der Waals surface area contributed by atoms with Crippen molar-refractivity contribution in [2.75, 3.05) is 6.61 Å². The number of aryl methyl sites for hydroxylation is 1. The number of halogens is 3. The van der Waals surface area contributed by atoms with E-state index in [1.54, 1.807) is 0 Å². The van der Waals surface area contributed by atoms with Crippen LogP contribution >= 0.6 is 34.8 Å². The van der Waals surface area contributed by atoms with Crippen LogP contribution in [0.5, 0.6) is 5.75 Å². The third-order valence-corrected chi connectivity index (χ3v) is 3.81. The summed E-state index contributed by atoms with van der Waals surface area (Å²) >= 11 is 17.8. The maximum atomic E-state index is 5.94. The van der Waals surface area contributed by atoms with E-state index in [0.717, 1.165) is 23.3 Å². The molecule has 1 unspecified atom stereocenters. The van der Waals surface area contributed by atoms with Crippen LogP contribution < -0.4 is 4.74 Å². The molecule has 0 spiro atoms. The van der Waals surface area contributed by atoms with Gasteiger partial charge in [-0.2, -0.15) is 0 Å². The lowest BCUT2D eigenvalue weighted by Gasteiger charge is -2.24. The summed E-state index contributed by atoms with van der Waals surface area (Å²) < 4.78 is 4.52. The molecule has 0 aromatic heterocycles. The monoisotopic (exact) mass is 322 g/mol. The van der Waals surface area contributed by atoms with Crippen LogP contribution in [-0.4, -0.2) is 10.4 Å². The van der Waals surface area contributed by atoms with Gasteiger partial charge >= 0.3 is 0 Å². The van der Waals surface area contributed by atoms with Crippen molar-refractivity contribution in [3.05, 3.63) is 28.8 Å². The molecule has 1 aromatic carbocycles. The van der Waals surface area contributed by atoms with Crippen molar-refractivity contribution < 1.29 is 4.74 Å². The van der Waals surface area contributed by atoms with E-state index in [-0.39, 0.29) is 5.92 Å². The average molecular weight is 324 g/mol. The highest BCUT2D eigenvalue weighted by Crippen LogP contribution is 2.41. The Balaban J connectivity index is 3.14. The standard InChI is InChI=1S/C15H21Cl3O/c1-5-12(9-15(16,17)18)13-8-7-10(3)14(11(13)4)19-6-2/h7-8,12H,5-6,9H2,1-4H3. The second-order valence-electron chi connectivity index (χ2n) is 4.78. The normalized spacial score (nSPS) is 13.4. The van der Waals surface area contributed by atoms with Gasteiger partial charge in [-0.05, 0) is 49.8 Å². The van der Waals surface area contributed by atoms with Crippen LogP contribution in [0.4, 0.5) is 0 Å². The van der Waals surface area contributed by atoms with Crippen molar-refractivity contribution in [3.8, 4) is 5.75 Å². The van der Waals surface area contributed by atoms with Gasteiger partial charge in [0.2, 0.25) is 0 Å². The molecule has 19 heavy (non-hydrogen) atoms. The number of hydrogen-bond donors (Lipinski definition) is 0. The Morgan fingerprint density at radius 3 is 2.26 bits per heavy atom. The van der Waals surface area contributed by atoms with Crippen LogP contribution in [0.2, 0.25) is 0 Å². The van der Waals surface area contributed by atoms with Gasteiger partial charge in [0.25, 0.3) is 0 Å². The second kappa shape index (κ2) is 7.06. The fraction of sp³-hybridized carbons (Fsp3) is 0.600. The number of ether oxygens (including phenoxy) is 1. The molecule has 0 aliphatic rings. The van der Waals surface area contributed by atoms with Crippen LogP contribution in [-0.2, 0) is 0 Å². The van der Waals surface area contributed by atoms with Crippen LogP contribution in [0.25, 0.3) is 0 Å². The van der Waals surface area contributed by atoms with E-state index in [0.29, 0.717) is 13.0 Å². The quantitative estimate of drug-likeness (QED) is 0.608. The zero-order valence-corrected chi connectivity index (χ0v) is 14.2. The predicted molar refractivity (Wildman–Crippen MR) is 85.0 cm³/mol. The molecule has 0 amide bonds. The molecule has 0 aliphatic carbocycles. The summed E-state index contributed by atoms with van der Waals surface area (Å²) in [6.07, 6.45) is 1.45. The Morgan fingerprint density at radius 1 is 1.16 bits per heavy atom. The lowest BCUT2D eigenvalue weighted by Crippen LogP contribution is -2.12. The Kier molecular flexibility index (Phi) is 6.29. The van der Waals surface area contributed by atoms with E-state index in [2.05, 4.69) is 32.9 Å². The van der Waals surface area contributed by atoms with Gasteiger partial charge in [0.15, 0.2) is 3.79 Å². The van der Waals surface area contributed by atoms with Crippen molar-refractivity contribution in [2.45, 2.75) is 50.2 Å². The van der Waals surface area contributed by atoms with E-state index in [1.165, 1.54) is 5.56 Å². The van der Waals surface area contributed by atoms with E-state index in [1.807, 2.05) is 6.92 Å². The van der Waals surface area contributed by atoms with Crippen molar-refractivity contribution in [3.63, 3.8) is 0 Å². The first-order valence-electron chi connectivity index (χ1n) is 6.59. The Morgan fingerprint density at radius 2 is 1.79 bits per heavy atom. The Hall–Kier alpha value is -0.110. The highest BCUT2D eigenvalue weighted by Gasteiger charge is 2.27. The largest absolute Gasteiger partial charge is 0.493 e. The zero-order valence-electron chi connectivity index (χ0n) is 11.9. The Bertz CT molecular complexity index is 424. The molecular formula is C15H21Cl3O. The first-order chi connectivity index (χ1) is 8.80. The summed E-state index contributed by atoms with van der Waals surface area (Å²) in [5.41, 5.74) is 3.51. The minimum Gasteiger partial charge on any atom is -0.493 e. The van der Waals surface area contributed by atoms with Crippen LogP contribution in [0, 0.1) is 13.8 Å². The van der Waals surface area contributed by atoms with Gasteiger partial charge in [0.05, 0.1) is 6.61 Å². The van der Waals surface area contributed by atoms with Gasteiger partial charge in [-0.3, -0.25) is 0 Å². The molecule has 0 bridgehead atoms. The maximum absolute atomic E-state index is 5.94. The molecule has 0 heterocycles. The molecule has 1 nitrogen and oxygen atoms in total. The minimum atomic E-state index is -1.22. The van der Waals surface area contributed by atoms with E-state index in [4.69, 9.17) is 39.5 Å². The van der Waals surface area contributed by atoms with Gasteiger partial charge in [0, 0.05) is 6.42 Å². The topological polar surface area (TPSA) is 9.23 Å². The van der Waals surface area contributed by atoms with E-state index in [9.17, 15) is 0 Å². The van der Waals surface area contributed by atoms with Crippen molar-refractivity contribution in [1.29, 1.82) is 0 Å². The highest BCUT2D eigenvalue weighted by atomic mass is 35.6. The number of hydrogen-bond acceptors (Lipinski definition) is 1. The van der Waals surface area contributed by atoms with Crippen LogP contribution in [0.1, 0.15) is 49.3 Å². The van der Waals surface area contributed by atoms with Gasteiger partial charge in [-0.25, -0.2) is 0 Å².